The van der Waals surface area contributed by atoms with E-state index in [2.05, 4.69) is 5.32 Å². The van der Waals surface area contributed by atoms with Crippen LogP contribution in [0.2, 0.25) is 0 Å². The molecule has 22 heavy (non-hydrogen) atoms. The van der Waals surface area contributed by atoms with E-state index in [-0.39, 0.29) is 12.5 Å². The van der Waals surface area contributed by atoms with Gasteiger partial charge in [0.05, 0.1) is 19.4 Å². The second kappa shape index (κ2) is 7.09. The maximum absolute atomic E-state index is 12.0. The maximum atomic E-state index is 12.0. The summed E-state index contributed by atoms with van der Waals surface area (Å²) in [5, 5.41) is 4.56. The summed E-state index contributed by atoms with van der Waals surface area (Å²) in [5.41, 5.74) is 2.16. The Labute approximate surface area is 132 Å². The van der Waals surface area contributed by atoms with Crippen molar-refractivity contribution in [2.24, 2.45) is 0 Å². The molecule has 0 spiro atoms. The summed E-state index contributed by atoms with van der Waals surface area (Å²) >= 11 is 1.25. The number of rotatable bonds is 5. The number of nitrogens with one attached hydrogen (secondary N) is 1. The quantitative estimate of drug-likeness (QED) is 0.856. The van der Waals surface area contributed by atoms with Gasteiger partial charge in [-0.1, -0.05) is 12.1 Å². The van der Waals surface area contributed by atoms with Crippen LogP contribution in [0.1, 0.15) is 23.5 Å². The number of carbonyl (C=O) groups excluding carboxylic acids is 2. The van der Waals surface area contributed by atoms with Crippen LogP contribution in [-0.4, -0.2) is 25.6 Å². The monoisotopic (exact) mass is 319 g/mol. The van der Waals surface area contributed by atoms with Gasteiger partial charge < -0.3 is 14.8 Å². The molecule has 0 bridgehead atoms. The lowest BCUT2D eigenvalue weighted by atomic mass is 10.1. The molecule has 5 nitrogen and oxygen atoms in total. The standard InChI is InChI=1S/C16H17NO4S/c1-4-21-16(19)15-14(17-10(2)18)13(9-22-15)11-5-7-12(20-3)8-6-11/h5-9H,4H2,1-3H3,(H,17,18). The lowest BCUT2D eigenvalue weighted by Gasteiger charge is -2.08. The number of anilines is 1. The van der Waals surface area contributed by atoms with Crippen LogP contribution in [0.15, 0.2) is 29.6 Å². The predicted molar refractivity (Wildman–Crippen MR) is 86.6 cm³/mol. The van der Waals surface area contributed by atoms with E-state index in [0.717, 1.165) is 16.9 Å². The van der Waals surface area contributed by atoms with Crippen molar-refractivity contribution < 1.29 is 19.1 Å². The zero-order valence-corrected chi connectivity index (χ0v) is 13.5. The number of benzene rings is 1. The van der Waals surface area contributed by atoms with E-state index in [0.29, 0.717) is 10.6 Å². The van der Waals surface area contributed by atoms with Crippen molar-refractivity contribution >= 4 is 28.9 Å². The minimum absolute atomic E-state index is 0.237. The SMILES string of the molecule is CCOC(=O)c1scc(-c2ccc(OC)cc2)c1NC(C)=O. The lowest BCUT2D eigenvalue weighted by Crippen LogP contribution is -2.11. The molecule has 0 saturated heterocycles. The number of amides is 1. The van der Waals surface area contributed by atoms with E-state index in [1.807, 2.05) is 29.6 Å². The molecule has 0 radical (unpaired) electrons. The van der Waals surface area contributed by atoms with E-state index < -0.39 is 5.97 Å². The van der Waals surface area contributed by atoms with Crippen molar-refractivity contribution in [2.45, 2.75) is 13.8 Å². The van der Waals surface area contributed by atoms with Gasteiger partial charge in [-0.3, -0.25) is 4.79 Å². The van der Waals surface area contributed by atoms with Gasteiger partial charge in [0.1, 0.15) is 10.6 Å². The van der Waals surface area contributed by atoms with Gasteiger partial charge in [0.25, 0.3) is 0 Å². The zero-order chi connectivity index (χ0) is 16.1. The van der Waals surface area contributed by atoms with Crippen LogP contribution >= 0.6 is 11.3 Å². The molecule has 1 aromatic carbocycles. The minimum Gasteiger partial charge on any atom is -0.497 e. The largest absolute Gasteiger partial charge is 0.497 e. The van der Waals surface area contributed by atoms with Crippen LogP contribution < -0.4 is 10.1 Å². The Morgan fingerprint density at radius 3 is 2.45 bits per heavy atom. The minimum atomic E-state index is -0.434. The molecule has 0 saturated carbocycles. The van der Waals surface area contributed by atoms with Crippen LogP contribution in [-0.2, 0) is 9.53 Å². The number of carbonyl (C=O) groups is 2. The van der Waals surface area contributed by atoms with E-state index in [9.17, 15) is 9.59 Å². The van der Waals surface area contributed by atoms with Crippen LogP contribution in [0.4, 0.5) is 5.69 Å². The molecule has 0 aliphatic carbocycles. The third-order valence-electron chi connectivity index (χ3n) is 2.95. The zero-order valence-electron chi connectivity index (χ0n) is 12.6. The summed E-state index contributed by atoms with van der Waals surface area (Å²) in [6, 6.07) is 7.41. The first-order valence-electron chi connectivity index (χ1n) is 6.77. The topological polar surface area (TPSA) is 64.6 Å². The Hall–Kier alpha value is -2.34. The van der Waals surface area contributed by atoms with Crippen molar-refractivity contribution in [1.82, 2.24) is 0 Å². The van der Waals surface area contributed by atoms with Gasteiger partial charge in [0.15, 0.2) is 0 Å². The summed E-state index contributed by atoms with van der Waals surface area (Å²) in [6.07, 6.45) is 0. The Bertz CT molecular complexity index is 676. The molecule has 0 fully saturated rings. The van der Waals surface area contributed by atoms with E-state index in [1.54, 1.807) is 14.0 Å². The fourth-order valence-corrected chi connectivity index (χ4v) is 2.91. The molecular weight excluding hydrogens is 302 g/mol. The average molecular weight is 319 g/mol. The highest BCUT2D eigenvalue weighted by atomic mass is 32.1. The predicted octanol–water partition coefficient (Wildman–Crippen LogP) is 3.56. The van der Waals surface area contributed by atoms with E-state index in [4.69, 9.17) is 9.47 Å². The second-order valence-electron chi connectivity index (χ2n) is 4.48. The normalized spacial score (nSPS) is 10.1. The highest BCUT2D eigenvalue weighted by Gasteiger charge is 2.21. The molecule has 1 amide bonds. The van der Waals surface area contributed by atoms with E-state index >= 15 is 0 Å². The third-order valence-corrected chi connectivity index (χ3v) is 3.91. The van der Waals surface area contributed by atoms with Gasteiger partial charge >= 0.3 is 5.97 Å². The van der Waals surface area contributed by atoms with Gasteiger partial charge in [-0.05, 0) is 24.6 Å². The molecule has 0 aliphatic rings. The second-order valence-corrected chi connectivity index (χ2v) is 5.36. The van der Waals surface area contributed by atoms with Gasteiger partial charge in [-0.25, -0.2) is 4.79 Å². The van der Waals surface area contributed by atoms with Gasteiger partial charge in [0, 0.05) is 17.9 Å². The Morgan fingerprint density at radius 2 is 1.91 bits per heavy atom. The van der Waals surface area contributed by atoms with Crippen molar-refractivity contribution in [1.29, 1.82) is 0 Å². The maximum Gasteiger partial charge on any atom is 0.350 e. The van der Waals surface area contributed by atoms with Crippen LogP contribution in [0, 0.1) is 0 Å². The smallest absolute Gasteiger partial charge is 0.350 e. The highest BCUT2D eigenvalue weighted by Crippen LogP contribution is 2.37. The van der Waals surface area contributed by atoms with Crippen LogP contribution in [0.5, 0.6) is 5.75 Å². The molecule has 6 heteroatoms. The summed E-state index contributed by atoms with van der Waals surface area (Å²) in [6.45, 7) is 3.44. The van der Waals surface area contributed by atoms with Gasteiger partial charge in [-0.2, -0.15) is 0 Å². The molecular formula is C16H17NO4S. The number of ether oxygens (including phenoxy) is 2. The molecule has 2 rings (SSSR count). The number of methoxy groups -OCH3 is 1. The molecule has 2 aromatic rings. The van der Waals surface area contributed by atoms with Crippen LogP contribution in [0.25, 0.3) is 11.1 Å². The summed E-state index contributed by atoms with van der Waals surface area (Å²) in [4.78, 5) is 23.8. The molecule has 0 aliphatic heterocycles. The third kappa shape index (κ3) is 3.46. The number of hydrogen-bond donors (Lipinski definition) is 1. The molecule has 0 unspecified atom stereocenters. The Balaban J connectivity index is 2.45. The molecule has 116 valence electrons. The first-order chi connectivity index (χ1) is 10.6. The molecule has 1 heterocycles. The van der Waals surface area contributed by atoms with Gasteiger partial charge in [0.2, 0.25) is 5.91 Å². The average Bonchev–Trinajstić information content (AvgIpc) is 2.90. The molecule has 0 atom stereocenters. The van der Waals surface area contributed by atoms with Crippen molar-refractivity contribution in [3.63, 3.8) is 0 Å². The fourth-order valence-electron chi connectivity index (χ4n) is 1.99. The van der Waals surface area contributed by atoms with Crippen molar-refractivity contribution in [2.75, 3.05) is 19.0 Å². The Kier molecular flexibility index (Phi) is 5.16. The number of thiophene rings is 1. The number of hydrogen-bond acceptors (Lipinski definition) is 5. The van der Waals surface area contributed by atoms with Crippen molar-refractivity contribution in [3.8, 4) is 16.9 Å². The highest BCUT2D eigenvalue weighted by molar-refractivity contribution is 7.13. The lowest BCUT2D eigenvalue weighted by molar-refractivity contribution is -0.114. The first kappa shape index (κ1) is 16.0. The summed E-state index contributed by atoms with van der Waals surface area (Å²) < 4.78 is 10.2. The summed E-state index contributed by atoms with van der Waals surface area (Å²) in [5.74, 6) is 0.0698. The van der Waals surface area contributed by atoms with Crippen LogP contribution in [0.3, 0.4) is 0 Å². The fraction of sp³-hybridized carbons (Fsp3) is 0.250. The molecule has 1 N–H and O–H groups in total. The summed E-state index contributed by atoms with van der Waals surface area (Å²) in [7, 11) is 1.60. The van der Waals surface area contributed by atoms with Gasteiger partial charge in [-0.15, -0.1) is 11.3 Å². The number of esters is 1. The molecule has 1 aromatic heterocycles. The van der Waals surface area contributed by atoms with Crippen molar-refractivity contribution in [3.05, 3.63) is 34.5 Å². The Morgan fingerprint density at radius 1 is 1.23 bits per heavy atom. The first-order valence-corrected chi connectivity index (χ1v) is 7.65. The van der Waals surface area contributed by atoms with E-state index in [1.165, 1.54) is 18.3 Å².